The number of esters is 1. The number of fused-ring (bicyclic) bond motifs is 1. The Morgan fingerprint density at radius 2 is 2.26 bits per heavy atom. The summed E-state index contributed by atoms with van der Waals surface area (Å²) in [7, 11) is 0. The molecular weight excluding hydrogens is 310 g/mol. The summed E-state index contributed by atoms with van der Waals surface area (Å²) in [6.45, 7) is 1.00. The van der Waals surface area contributed by atoms with E-state index in [0.717, 1.165) is 0 Å². The number of aliphatic hydroxyl groups excluding tert-OH is 2. The van der Waals surface area contributed by atoms with Gasteiger partial charge in [0, 0.05) is 6.92 Å². The zero-order chi connectivity index (χ0) is 16.7. The molecule has 124 valence electrons. The zero-order valence-corrected chi connectivity index (χ0v) is 12.0. The fraction of sp³-hybridized carbons (Fsp3) is 0.500. The predicted octanol–water partition coefficient (Wildman–Crippen LogP) is -2.12. The van der Waals surface area contributed by atoms with Crippen LogP contribution in [0, 0.1) is 0 Å². The third kappa shape index (κ3) is 2.65. The molecule has 2 aromatic rings. The summed E-state index contributed by atoms with van der Waals surface area (Å²) in [5.41, 5.74) is 5.10. The van der Waals surface area contributed by atoms with Crippen LogP contribution in [0.15, 0.2) is 11.1 Å². The Morgan fingerprint density at radius 1 is 1.52 bits per heavy atom. The van der Waals surface area contributed by atoms with Gasteiger partial charge in [-0.1, -0.05) is 0 Å². The lowest BCUT2D eigenvalue weighted by Gasteiger charge is -2.16. The number of imidazole rings is 1. The fourth-order valence-corrected chi connectivity index (χ4v) is 2.43. The number of hydrogen-bond acceptors (Lipinski definition) is 9. The summed E-state index contributed by atoms with van der Waals surface area (Å²) >= 11 is 0. The number of carbonyl (C=O) groups is 1. The van der Waals surface area contributed by atoms with Crippen molar-refractivity contribution in [1.29, 1.82) is 0 Å². The summed E-state index contributed by atoms with van der Waals surface area (Å²) in [6, 6.07) is 0. The Balaban J connectivity index is 1.93. The molecule has 3 heterocycles. The maximum Gasteiger partial charge on any atom is 0.302 e. The van der Waals surface area contributed by atoms with Crippen LogP contribution in [-0.4, -0.2) is 60.6 Å². The largest absolute Gasteiger partial charge is 0.463 e. The number of carbonyl (C=O) groups excluding carboxylic acids is 1. The van der Waals surface area contributed by atoms with E-state index in [2.05, 4.69) is 15.0 Å². The minimum Gasteiger partial charge on any atom is -0.463 e. The molecule has 1 aliphatic heterocycles. The highest BCUT2D eigenvalue weighted by molar-refractivity contribution is 5.70. The van der Waals surface area contributed by atoms with Crippen LogP contribution in [0.1, 0.15) is 13.2 Å². The molecule has 4 atom stereocenters. The van der Waals surface area contributed by atoms with Crippen molar-refractivity contribution in [2.75, 3.05) is 12.3 Å². The van der Waals surface area contributed by atoms with Crippen LogP contribution in [0.3, 0.4) is 0 Å². The number of rotatable bonds is 3. The Kier molecular flexibility index (Phi) is 3.75. The van der Waals surface area contributed by atoms with Gasteiger partial charge in [0.1, 0.15) is 24.9 Å². The van der Waals surface area contributed by atoms with Crippen LogP contribution >= 0.6 is 0 Å². The number of ether oxygens (including phenoxy) is 2. The van der Waals surface area contributed by atoms with Gasteiger partial charge < -0.3 is 25.4 Å². The summed E-state index contributed by atoms with van der Waals surface area (Å²) in [5.74, 6) is -0.651. The molecule has 0 radical (unpaired) electrons. The van der Waals surface area contributed by atoms with Crippen molar-refractivity contribution in [3.05, 3.63) is 16.7 Å². The Bertz CT molecular complexity index is 801. The van der Waals surface area contributed by atoms with Gasteiger partial charge in [0.05, 0.1) is 6.33 Å². The Labute approximate surface area is 128 Å². The molecule has 2 aromatic heterocycles. The molecule has 23 heavy (non-hydrogen) atoms. The number of aliphatic hydroxyl groups is 2. The highest BCUT2D eigenvalue weighted by Crippen LogP contribution is 2.31. The second kappa shape index (κ2) is 5.61. The summed E-state index contributed by atoms with van der Waals surface area (Å²) in [5, 5.41) is 20.2. The van der Waals surface area contributed by atoms with Gasteiger partial charge in [0.15, 0.2) is 17.4 Å². The van der Waals surface area contributed by atoms with Crippen molar-refractivity contribution >= 4 is 23.1 Å². The normalized spacial score (nSPS) is 27.4. The van der Waals surface area contributed by atoms with Gasteiger partial charge in [0.2, 0.25) is 5.95 Å². The lowest BCUT2D eigenvalue weighted by atomic mass is 10.1. The molecule has 11 heteroatoms. The average Bonchev–Trinajstić information content (AvgIpc) is 3.00. The lowest BCUT2D eigenvalue weighted by molar-refractivity contribution is -0.147. The Morgan fingerprint density at radius 3 is 2.96 bits per heavy atom. The van der Waals surface area contributed by atoms with E-state index in [1.807, 2.05) is 0 Å². The molecule has 5 N–H and O–H groups in total. The molecule has 0 saturated carbocycles. The van der Waals surface area contributed by atoms with Crippen LogP contribution in [0.5, 0.6) is 0 Å². The molecule has 1 fully saturated rings. The van der Waals surface area contributed by atoms with Gasteiger partial charge in [-0.2, -0.15) is 4.98 Å². The lowest BCUT2D eigenvalue weighted by Crippen LogP contribution is -2.34. The van der Waals surface area contributed by atoms with Crippen molar-refractivity contribution in [1.82, 2.24) is 19.5 Å². The highest BCUT2D eigenvalue weighted by Gasteiger charge is 2.44. The first-order valence-electron chi connectivity index (χ1n) is 6.75. The number of hydrogen-bond donors (Lipinski definition) is 4. The van der Waals surface area contributed by atoms with Crippen molar-refractivity contribution < 1.29 is 24.5 Å². The number of aromatic nitrogens is 4. The quantitative estimate of drug-likeness (QED) is 0.462. The van der Waals surface area contributed by atoms with E-state index < -0.39 is 36.1 Å². The molecule has 0 aliphatic carbocycles. The van der Waals surface area contributed by atoms with Gasteiger partial charge in [-0.15, -0.1) is 0 Å². The number of nitrogens with zero attached hydrogens (tertiary/aromatic N) is 3. The molecule has 3 rings (SSSR count). The minimum absolute atomic E-state index is 0.0212. The molecule has 1 saturated heterocycles. The first kappa shape index (κ1) is 15.4. The van der Waals surface area contributed by atoms with E-state index in [-0.39, 0.29) is 23.7 Å². The Hall–Kier alpha value is -2.50. The van der Waals surface area contributed by atoms with Gasteiger partial charge in [-0.3, -0.25) is 19.1 Å². The van der Waals surface area contributed by atoms with E-state index in [9.17, 15) is 19.8 Å². The topological polar surface area (TPSA) is 166 Å². The van der Waals surface area contributed by atoms with E-state index in [1.54, 1.807) is 0 Å². The van der Waals surface area contributed by atoms with Crippen LogP contribution in [0.2, 0.25) is 0 Å². The molecule has 0 amide bonds. The number of nitrogens with two attached hydrogens (primary N) is 1. The number of nitrogens with one attached hydrogen (secondary N) is 1. The SMILES string of the molecule is CC(=O)OC[C@@H]1O[C@H](n2cnc3c(=O)[nH]c(N)nc32)[C@H](O)[C@H]1O. The second-order valence-electron chi connectivity index (χ2n) is 5.12. The standard InChI is InChI=1S/C12H15N5O6/c1-4(18)22-2-5-7(19)8(20)11(23-5)17-3-14-6-9(17)15-12(13)16-10(6)21/h3,5,7-8,11,19-20H,2H2,1H3,(H3,13,15,16,21)/t5-,7-,8+,11-/m0/s1. The maximum absolute atomic E-state index is 11.8. The van der Waals surface area contributed by atoms with E-state index in [1.165, 1.54) is 17.8 Å². The van der Waals surface area contributed by atoms with Crippen LogP contribution in [0.4, 0.5) is 5.95 Å². The van der Waals surface area contributed by atoms with E-state index >= 15 is 0 Å². The molecule has 0 spiro atoms. The summed E-state index contributed by atoms with van der Waals surface area (Å²) in [6.07, 6.45) is -3.33. The van der Waals surface area contributed by atoms with Crippen molar-refractivity contribution in [2.45, 2.75) is 31.5 Å². The first-order chi connectivity index (χ1) is 10.9. The number of aromatic amines is 1. The number of anilines is 1. The zero-order valence-electron chi connectivity index (χ0n) is 12.0. The summed E-state index contributed by atoms with van der Waals surface area (Å²) in [4.78, 5) is 32.8. The van der Waals surface area contributed by atoms with E-state index in [0.29, 0.717) is 0 Å². The smallest absolute Gasteiger partial charge is 0.302 e. The highest BCUT2D eigenvalue weighted by atomic mass is 16.6. The van der Waals surface area contributed by atoms with Gasteiger partial charge in [-0.25, -0.2) is 4.98 Å². The van der Waals surface area contributed by atoms with Crippen molar-refractivity contribution in [3.8, 4) is 0 Å². The third-order valence-corrected chi connectivity index (χ3v) is 3.51. The average molecular weight is 325 g/mol. The second-order valence-corrected chi connectivity index (χ2v) is 5.12. The van der Waals surface area contributed by atoms with Crippen LogP contribution in [0.25, 0.3) is 11.2 Å². The number of H-pyrrole nitrogens is 1. The molecule has 0 aromatic carbocycles. The molecular formula is C12H15N5O6. The predicted molar refractivity (Wildman–Crippen MR) is 75.1 cm³/mol. The molecule has 0 bridgehead atoms. The van der Waals surface area contributed by atoms with Crippen molar-refractivity contribution in [2.24, 2.45) is 0 Å². The number of nitrogen functional groups attached to an aromatic ring is 1. The molecule has 1 aliphatic rings. The van der Waals surface area contributed by atoms with Gasteiger partial charge in [-0.05, 0) is 0 Å². The fourth-order valence-electron chi connectivity index (χ4n) is 2.43. The van der Waals surface area contributed by atoms with Gasteiger partial charge >= 0.3 is 5.97 Å². The minimum atomic E-state index is -1.32. The van der Waals surface area contributed by atoms with Crippen LogP contribution in [-0.2, 0) is 14.3 Å². The molecule has 11 nitrogen and oxygen atoms in total. The maximum atomic E-state index is 11.8. The van der Waals surface area contributed by atoms with Crippen LogP contribution < -0.4 is 11.3 Å². The molecule has 0 unspecified atom stereocenters. The monoisotopic (exact) mass is 325 g/mol. The van der Waals surface area contributed by atoms with Gasteiger partial charge in [0.25, 0.3) is 5.56 Å². The van der Waals surface area contributed by atoms with E-state index in [4.69, 9.17) is 15.2 Å². The first-order valence-corrected chi connectivity index (χ1v) is 6.75. The summed E-state index contributed by atoms with van der Waals surface area (Å²) < 4.78 is 11.6. The van der Waals surface area contributed by atoms with Crippen molar-refractivity contribution in [3.63, 3.8) is 0 Å². The third-order valence-electron chi connectivity index (χ3n) is 3.51.